The number of aliphatic hydroxyl groups is 16. The molecule has 4 aliphatic rings. The molecule has 34 nitrogen and oxygen atoms in total. The summed E-state index contributed by atoms with van der Waals surface area (Å²) >= 11 is 0. The first-order valence-electron chi connectivity index (χ1n) is 40.6. The number of hydrogen-bond acceptors (Lipinski definition) is 29. The molecule has 3 amide bonds. The Hall–Kier alpha value is -3.61. The Bertz CT molecular complexity index is 2560. The monoisotopic (exact) mass is 1590 g/mol. The van der Waals surface area contributed by atoms with Crippen LogP contribution in [-0.2, 0) is 61.9 Å². The van der Waals surface area contributed by atoms with Crippen LogP contribution in [0.1, 0.15) is 253 Å². The molecule has 0 spiro atoms. The summed E-state index contributed by atoms with van der Waals surface area (Å²) in [5.74, 6) is -13.6. The Morgan fingerprint density at radius 3 is 1.40 bits per heavy atom. The first-order valence-corrected chi connectivity index (χ1v) is 40.6. The quantitative estimate of drug-likeness (QED) is 0.0373. The van der Waals surface area contributed by atoms with Crippen LogP contribution >= 0.6 is 0 Å². The van der Waals surface area contributed by atoms with Crippen LogP contribution in [0.3, 0.4) is 0 Å². The number of ether oxygens (including phenoxy) is 8. The van der Waals surface area contributed by atoms with Crippen molar-refractivity contribution in [3.05, 3.63) is 0 Å². The van der Waals surface area contributed by atoms with Gasteiger partial charge in [-0.05, 0) is 25.7 Å². The van der Waals surface area contributed by atoms with Gasteiger partial charge in [-0.15, -0.1) is 0 Å². The molecular formula is C76H139N3O31. The molecule has 4 heterocycles. The van der Waals surface area contributed by atoms with Crippen molar-refractivity contribution < 1.29 is 154 Å². The van der Waals surface area contributed by atoms with Crippen LogP contribution in [0.2, 0.25) is 0 Å². The lowest BCUT2D eigenvalue weighted by molar-refractivity contribution is -0.365. The molecule has 34 heteroatoms. The van der Waals surface area contributed by atoms with Crippen LogP contribution < -0.4 is 16.0 Å². The van der Waals surface area contributed by atoms with E-state index in [0.29, 0.717) is 18.8 Å². The van der Waals surface area contributed by atoms with E-state index in [-0.39, 0.29) is 12.8 Å². The molecule has 0 bridgehead atoms. The standard InChI is InChI=1S/C76H139N3O31/c1-6-7-8-9-10-11-12-13-14-15-16-17-18-19-20-25-28-31-34-37-50(84)70(98)78-48(60(90)49(83)36-33-30-27-24-22-21-23-26-29-32-35-45(2)3)42-103-72-67(97)65(95)63(93)55(107-72)43-105-75(73(99)100)39-54(58(77-47(5)82)69(109-75)62(92)53(87)41-81)108-76(74(101)102)38-51(85)57(68(110-76)61(91)52(86)40-80)79-56(88)44-104-71-66(96)64(94)59(89)46(4)106-71/h45-46,48-55,57-69,71-72,80-81,83-87,89-97H,6-44H2,1-5H3,(H,77,82)(H,78,98)(H,79,88)(H,99,100)(H,101,102). The van der Waals surface area contributed by atoms with Gasteiger partial charge in [0.25, 0.3) is 11.6 Å². The summed E-state index contributed by atoms with van der Waals surface area (Å²) < 4.78 is 46.1. The summed E-state index contributed by atoms with van der Waals surface area (Å²) in [6.07, 6.45) is -11.5. The third-order valence-electron chi connectivity index (χ3n) is 21.5. The lowest BCUT2D eigenvalue weighted by atomic mass is 9.86. The Morgan fingerprint density at radius 2 is 0.936 bits per heavy atom. The van der Waals surface area contributed by atoms with E-state index in [4.69, 9.17) is 37.9 Å². The zero-order valence-electron chi connectivity index (χ0n) is 65.4. The van der Waals surface area contributed by atoms with Gasteiger partial charge in [-0.1, -0.05) is 213 Å². The van der Waals surface area contributed by atoms with Gasteiger partial charge < -0.3 is 146 Å². The van der Waals surface area contributed by atoms with Crippen molar-refractivity contribution in [2.75, 3.05) is 33.0 Å². The first kappa shape index (κ1) is 98.8. The predicted molar refractivity (Wildman–Crippen MR) is 393 cm³/mol. The van der Waals surface area contributed by atoms with E-state index in [1.807, 2.05) is 0 Å². The van der Waals surface area contributed by atoms with Gasteiger partial charge >= 0.3 is 11.9 Å². The van der Waals surface area contributed by atoms with E-state index in [2.05, 4.69) is 36.7 Å². The highest BCUT2D eigenvalue weighted by Gasteiger charge is 2.63. The second kappa shape index (κ2) is 52.2. The molecule has 4 saturated heterocycles. The highest BCUT2D eigenvalue weighted by molar-refractivity contribution is 5.81. The van der Waals surface area contributed by atoms with Gasteiger partial charge in [0.2, 0.25) is 17.7 Å². The predicted octanol–water partition coefficient (Wildman–Crippen LogP) is 0.701. The fourth-order valence-corrected chi connectivity index (χ4v) is 14.6. The molecule has 26 atom stereocenters. The lowest BCUT2D eigenvalue weighted by Crippen LogP contribution is -2.72. The zero-order valence-corrected chi connectivity index (χ0v) is 65.4. The molecule has 110 heavy (non-hydrogen) atoms. The van der Waals surface area contributed by atoms with Gasteiger partial charge in [0.1, 0.15) is 98.2 Å². The second-order valence-electron chi connectivity index (χ2n) is 31.2. The second-order valence-corrected chi connectivity index (χ2v) is 31.2. The van der Waals surface area contributed by atoms with E-state index in [1.54, 1.807) is 0 Å². The number of nitrogens with one attached hydrogen (secondary N) is 3. The molecule has 21 N–H and O–H groups in total. The van der Waals surface area contributed by atoms with Gasteiger partial charge in [-0.3, -0.25) is 14.4 Å². The summed E-state index contributed by atoms with van der Waals surface area (Å²) in [6.45, 7) is 3.23. The molecule has 0 aromatic rings. The molecule has 0 saturated carbocycles. The van der Waals surface area contributed by atoms with Gasteiger partial charge in [-0.2, -0.15) is 0 Å². The highest BCUT2D eigenvalue weighted by atomic mass is 16.8. The molecule has 4 aliphatic heterocycles. The third-order valence-corrected chi connectivity index (χ3v) is 21.5. The van der Waals surface area contributed by atoms with E-state index in [0.717, 1.165) is 77.6 Å². The van der Waals surface area contributed by atoms with E-state index >= 15 is 0 Å². The molecule has 26 unspecified atom stereocenters. The number of carboxylic acid groups (broad SMARTS) is 2. The average Bonchev–Trinajstić information content (AvgIpc) is 0.742. The van der Waals surface area contributed by atoms with Crippen molar-refractivity contribution in [1.82, 2.24) is 16.0 Å². The average molecular weight is 1590 g/mol. The largest absolute Gasteiger partial charge is 0.477 e. The van der Waals surface area contributed by atoms with Crippen LogP contribution in [0.15, 0.2) is 0 Å². The summed E-state index contributed by atoms with van der Waals surface area (Å²) in [6, 6.07) is -5.57. The van der Waals surface area contributed by atoms with Crippen molar-refractivity contribution in [3.8, 4) is 0 Å². The summed E-state index contributed by atoms with van der Waals surface area (Å²) in [4.78, 5) is 67.8. The minimum atomic E-state index is -3.41. The number of aliphatic carboxylic acids is 2. The van der Waals surface area contributed by atoms with Crippen LogP contribution in [0.4, 0.5) is 0 Å². The first-order chi connectivity index (χ1) is 52.3. The number of hydrogen-bond donors (Lipinski definition) is 21. The van der Waals surface area contributed by atoms with Crippen LogP contribution in [0, 0.1) is 5.92 Å². The zero-order chi connectivity index (χ0) is 81.7. The molecule has 0 radical (unpaired) electrons. The number of unbranched alkanes of at least 4 members (excludes halogenated alkanes) is 27. The van der Waals surface area contributed by atoms with Crippen molar-refractivity contribution in [3.63, 3.8) is 0 Å². The van der Waals surface area contributed by atoms with E-state index < -0.39 is 234 Å². The molecule has 0 aromatic heterocycles. The van der Waals surface area contributed by atoms with Crippen LogP contribution in [0.5, 0.6) is 0 Å². The molecule has 644 valence electrons. The lowest BCUT2D eigenvalue weighted by Gasteiger charge is -2.52. The third kappa shape index (κ3) is 32.5. The maximum Gasteiger partial charge on any atom is 0.364 e. The van der Waals surface area contributed by atoms with Crippen molar-refractivity contribution in [2.24, 2.45) is 5.92 Å². The van der Waals surface area contributed by atoms with Crippen molar-refractivity contribution in [1.29, 1.82) is 0 Å². The minimum absolute atomic E-state index is 0.0552. The number of amides is 3. The maximum atomic E-state index is 13.8. The Morgan fingerprint density at radius 1 is 0.500 bits per heavy atom. The summed E-state index contributed by atoms with van der Waals surface area (Å²) in [7, 11) is 0. The Labute approximate surface area is 647 Å². The van der Waals surface area contributed by atoms with Crippen molar-refractivity contribution in [2.45, 2.75) is 411 Å². The normalized spacial score (nSPS) is 30.9. The smallest absolute Gasteiger partial charge is 0.364 e. The number of carboxylic acids is 2. The molecule has 4 fully saturated rings. The number of carbonyl (C=O) groups is 5. The van der Waals surface area contributed by atoms with E-state index in [9.17, 15) is 116 Å². The SMILES string of the molecule is CCCCCCCCCCCCCCCCCCCCCC(O)C(=O)NC(COC1OC(COC2(C(=O)O)CC(OC3(C(=O)O)CC(O)C(NC(=O)COC4OC(C)C(O)C(O)C4O)C(C(O)C(O)CO)O3)C(NC(C)=O)C(C(O)C(O)CO)O2)C(O)C(O)C1O)C(O)C(O)CCCCCCCCCCCCC(C)C. The van der Waals surface area contributed by atoms with E-state index in [1.165, 1.54) is 116 Å². The van der Waals surface area contributed by atoms with Gasteiger partial charge in [0, 0.05) is 19.8 Å². The molecule has 0 aromatic carbocycles. The van der Waals surface area contributed by atoms with Crippen LogP contribution in [-0.4, -0.2) is 313 Å². The Balaban J connectivity index is 1.53. The minimum Gasteiger partial charge on any atom is -0.477 e. The topological polar surface area (TPSA) is 559 Å². The summed E-state index contributed by atoms with van der Waals surface area (Å²) in [5.41, 5.74) is 0. The van der Waals surface area contributed by atoms with Crippen molar-refractivity contribution >= 4 is 29.7 Å². The van der Waals surface area contributed by atoms with Gasteiger partial charge in [0.05, 0.1) is 69.0 Å². The fraction of sp³-hybridized carbons (Fsp3) is 0.934. The number of carbonyl (C=O) groups excluding carboxylic acids is 3. The molecular weight excluding hydrogens is 1450 g/mol. The highest BCUT2D eigenvalue weighted by Crippen LogP contribution is 2.42. The Kier molecular flexibility index (Phi) is 46.8. The fourth-order valence-electron chi connectivity index (χ4n) is 14.6. The van der Waals surface area contributed by atoms with Gasteiger partial charge in [0.15, 0.2) is 12.6 Å². The van der Waals surface area contributed by atoms with Gasteiger partial charge in [-0.25, -0.2) is 9.59 Å². The maximum absolute atomic E-state index is 13.8. The molecule has 4 rings (SSSR count). The summed E-state index contributed by atoms with van der Waals surface area (Å²) in [5, 5.41) is 205. The number of rotatable bonds is 58. The molecule has 0 aliphatic carbocycles. The van der Waals surface area contributed by atoms with Crippen LogP contribution in [0.25, 0.3) is 0 Å². The number of aliphatic hydroxyl groups excluding tert-OH is 16.